The van der Waals surface area contributed by atoms with Crippen LogP contribution in [0.3, 0.4) is 0 Å². The molecule has 0 aromatic rings. The van der Waals surface area contributed by atoms with Crippen molar-refractivity contribution < 1.29 is 23.7 Å². The molecule has 0 spiro atoms. The smallest absolute Gasteiger partial charge is 0.325 e. The first kappa shape index (κ1) is 20.4. The van der Waals surface area contributed by atoms with Crippen LogP contribution >= 0.6 is 0 Å². The molecule has 0 bridgehead atoms. The average molecular weight is 331 g/mol. The largest absolute Gasteiger partial charge is 0.459 e. The van der Waals surface area contributed by atoms with Crippen LogP contribution in [0.2, 0.25) is 0 Å². The zero-order chi connectivity index (χ0) is 17.6. The maximum absolute atomic E-state index is 12.0. The molecule has 23 heavy (non-hydrogen) atoms. The standard InChI is InChI=1S/C17H33NO5/c1-10(2)7-21-15-12(5)20-9-14(18)17(19)23-13(6)16(15)22-8-11(3)4/h10-16H,7-9,18H2,1-6H3/t12-,13?,14-,15-,16-/m0/s1. The van der Waals surface area contributed by atoms with E-state index in [4.69, 9.17) is 24.7 Å². The number of ether oxygens (including phenoxy) is 4. The number of esters is 1. The van der Waals surface area contributed by atoms with Gasteiger partial charge in [0, 0.05) is 13.2 Å². The summed E-state index contributed by atoms with van der Waals surface area (Å²) < 4.78 is 23.3. The molecule has 0 aromatic carbocycles. The lowest BCUT2D eigenvalue weighted by atomic mass is 10.0. The lowest BCUT2D eigenvalue weighted by Crippen LogP contribution is -2.48. The number of nitrogens with two attached hydrogens (primary N) is 1. The molecule has 1 rings (SSSR count). The van der Waals surface area contributed by atoms with E-state index in [1.807, 2.05) is 13.8 Å². The molecular formula is C17H33NO5. The Balaban J connectivity index is 2.95. The van der Waals surface area contributed by atoms with Gasteiger partial charge in [0.05, 0.1) is 12.7 Å². The third kappa shape index (κ3) is 6.75. The summed E-state index contributed by atoms with van der Waals surface area (Å²) in [6.07, 6.45) is -1.40. The van der Waals surface area contributed by atoms with Crippen molar-refractivity contribution in [1.82, 2.24) is 0 Å². The van der Waals surface area contributed by atoms with Gasteiger partial charge in [-0.1, -0.05) is 27.7 Å². The lowest BCUT2D eigenvalue weighted by molar-refractivity contribution is -0.177. The molecule has 1 unspecified atom stereocenters. The molecule has 1 heterocycles. The molecule has 0 radical (unpaired) electrons. The molecule has 1 saturated heterocycles. The van der Waals surface area contributed by atoms with E-state index in [0.29, 0.717) is 25.0 Å². The van der Waals surface area contributed by atoms with Crippen molar-refractivity contribution in [3.63, 3.8) is 0 Å². The highest BCUT2D eigenvalue weighted by molar-refractivity contribution is 5.75. The molecule has 6 nitrogen and oxygen atoms in total. The van der Waals surface area contributed by atoms with Crippen LogP contribution in [-0.4, -0.2) is 56.2 Å². The molecule has 1 fully saturated rings. The average Bonchev–Trinajstić information content (AvgIpc) is 2.49. The van der Waals surface area contributed by atoms with E-state index in [9.17, 15) is 4.79 Å². The van der Waals surface area contributed by atoms with E-state index in [1.54, 1.807) is 0 Å². The van der Waals surface area contributed by atoms with Crippen LogP contribution in [0.4, 0.5) is 0 Å². The van der Waals surface area contributed by atoms with Crippen LogP contribution in [0.15, 0.2) is 0 Å². The minimum absolute atomic E-state index is 0.116. The van der Waals surface area contributed by atoms with Crippen LogP contribution in [0.1, 0.15) is 41.5 Å². The normalized spacial score (nSPS) is 33.3. The van der Waals surface area contributed by atoms with Crippen LogP contribution in [0.25, 0.3) is 0 Å². The third-order valence-corrected chi connectivity index (χ3v) is 3.64. The minimum Gasteiger partial charge on any atom is -0.459 e. The molecule has 136 valence electrons. The Morgan fingerprint density at radius 2 is 1.52 bits per heavy atom. The summed E-state index contributed by atoms with van der Waals surface area (Å²) in [5.41, 5.74) is 5.80. The van der Waals surface area contributed by atoms with Crippen LogP contribution in [0, 0.1) is 11.8 Å². The van der Waals surface area contributed by atoms with E-state index < -0.39 is 18.1 Å². The van der Waals surface area contributed by atoms with Gasteiger partial charge in [-0.25, -0.2) is 0 Å². The highest BCUT2D eigenvalue weighted by atomic mass is 16.6. The number of carbonyl (C=O) groups is 1. The lowest BCUT2D eigenvalue weighted by Gasteiger charge is -2.34. The topological polar surface area (TPSA) is 80.0 Å². The molecular weight excluding hydrogens is 298 g/mol. The second-order valence-corrected chi connectivity index (χ2v) is 7.17. The van der Waals surface area contributed by atoms with Crippen molar-refractivity contribution in [2.24, 2.45) is 17.6 Å². The van der Waals surface area contributed by atoms with Crippen molar-refractivity contribution in [1.29, 1.82) is 0 Å². The Bertz CT molecular complexity index is 361. The van der Waals surface area contributed by atoms with E-state index in [-0.39, 0.29) is 24.9 Å². The van der Waals surface area contributed by atoms with Gasteiger partial charge in [-0.15, -0.1) is 0 Å². The Morgan fingerprint density at radius 1 is 1.04 bits per heavy atom. The number of rotatable bonds is 6. The van der Waals surface area contributed by atoms with Crippen LogP contribution < -0.4 is 5.73 Å². The zero-order valence-electron chi connectivity index (χ0n) is 15.3. The van der Waals surface area contributed by atoms with Gasteiger partial charge in [-0.05, 0) is 25.7 Å². The predicted molar refractivity (Wildman–Crippen MR) is 88.1 cm³/mol. The van der Waals surface area contributed by atoms with Crippen molar-refractivity contribution in [2.75, 3.05) is 19.8 Å². The first-order chi connectivity index (χ1) is 10.7. The van der Waals surface area contributed by atoms with E-state index in [1.165, 1.54) is 0 Å². The predicted octanol–water partition coefficient (Wildman–Crippen LogP) is 1.75. The fraction of sp³-hybridized carbons (Fsp3) is 0.941. The van der Waals surface area contributed by atoms with Gasteiger partial charge in [-0.2, -0.15) is 0 Å². The maximum Gasteiger partial charge on any atom is 0.325 e. The molecule has 0 aliphatic carbocycles. The zero-order valence-corrected chi connectivity index (χ0v) is 15.3. The Labute approximate surface area is 140 Å². The minimum atomic E-state index is -0.783. The van der Waals surface area contributed by atoms with Gasteiger partial charge < -0.3 is 24.7 Å². The molecule has 6 heteroatoms. The number of cyclic esters (lactones) is 1. The number of hydrogen-bond acceptors (Lipinski definition) is 6. The van der Waals surface area contributed by atoms with E-state index in [0.717, 1.165) is 0 Å². The number of carbonyl (C=O) groups excluding carboxylic acids is 1. The molecule has 1 aliphatic heterocycles. The Kier molecular flexibility index (Phi) is 8.47. The van der Waals surface area contributed by atoms with Crippen molar-refractivity contribution >= 4 is 5.97 Å². The van der Waals surface area contributed by atoms with Gasteiger partial charge in [0.2, 0.25) is 0 Å². The summed E-state index contributed by atoms with van der Waals surface area (Å²) in [4.78, 5) is 12.0. The van der Waals surface area contributed by atoms with Crippen molar-refractivity contribution in [3.8, 4) is 0 Å². The highest BCUT2D eigenvalue weighted by Crippen LogP contribution is 2.21. The van der Waals surface area contributed by atoms with Gasteiger partial charge in [0.1, 0.15) is 24.4 Å². The fourth-order valence-electron chi connectivity index (χ4n) is 2.36. The summed E-state index contributed by atoms with van der Waals surface area (Å²) in [7, 11) is 0. The molecule has 2 N–H and O–H groups in total. The third-order valence-electron chi connectivity index (χ3n) is 3.64. The fourth-order valence-corrected chi connectivity index (χ4v) is 2.36. The van der Waals surface area contributed by atoms with Gasteiger partial charge in [-0.3, -0.25) is 4.79 Å². The van der Waals surface area contributed by atoms with E-state index >= 15 is 0 Å². The van der Waals surface area contributed by atoms with Gasteiger partial charge >= 0.3 is 5.97 Å². The van der Waals surface area contributed by atoms with Crippen LogP contribution in [0.5, 0.6) is 0 Å². The van der Waals surface area contributed by atoms with Crippen molar-refractivity contribution in [2.45, 2.75) is 72.0 Å². The van der Waals surface area contributed by atoms with Crippen molar-refractivity contribution in [3.05, 3.63) is 0 Å². The first-order valence-electron chi connectivity index (χ1n) is 8.53. The molecule has 5 atom stereocenters. The first-order valence-corrected chi connectivity index (χ1v) is 8.53. The Hall–Kier alpha value is -0.690. The maximum atomic E-state index is 12.0. The summed E-state index contributed by atoms with van der Waals surface area (Å²) in [5, 5.41) is 0. The summed E-state index contributed by atoms with van der Waals surface area (Å²) >= 11 is 0. The van der Waals surface area contributed by atoms with Crippen LogP contribution in [-0.2, 0) is 23.7 Å². The summed E-state index contributed by atoms with van der Waals surface area (Å²) in [5.74, 6) is 0.294. The highest BCUT2D eigenvalue weighted by Gasteiger charge is 2.38. The summed E-state index contributed by atoms with van der Waals surface area (Å²) in [6, 6.07) is -0.783. The monoisotopic (exact) mass is 331 g/mol. The molecule has 1 aliphatic rings. The van der Waals surface area contributed by atoms with E-state index in [2.05, 4.69) is 27.7 Å². The SMILES string of the molecule is CC(C)CO[C@H]1[C@H](C)OC[C@H](N)C(=O)OC(C)[C@@H]1OCC(C)C. The molecule has 0 amide bonds. The van der Waals surface area contributed by atoms with Gasteiger partial charge in [0.15, 0.2) is 0 Å². The summed E-state index contributed by atoms with van der Waals surface area (Å²) in [6.45, 7) is 13.3. The Morgan fingerprint density at radius 3 is 2.00 bits per heavy atom. The second-order valence-electron chi connectivity index (χ2n) is 7.17. The molecule has 0 saturated carbocycles. The second kappa shape index (κ2) is 9.57. The van der Waals surface area contributed by atoms with Gasteiger partial charge in [0.25, 0.3) is 0 Å². The quantitative estimate of drug-likeness (QED) is 0.747. The number of hydrogen-bond donors (Lipinski definition) is 1. The molecule has 0 aromatic heterocycles.